The number of rotatable bonds is 1. The van der Waals surface area contributed by atoms with Crippen LogP contribution in [0.2, 0.25) is 0 Å². The lowest BCUT2D eigenvalue weighted by molar-refractivity contribution is 1.38. The van der Waals surface area contributed by atoms with E-state index in [-0.39, 0.29) is 0 Å². The Morgan fingerprint density at radius 3 is 2.64 bits per heavy atom. The first-order chi connectivity index (χ1) is 5.27. The van der Waals surface area contributed by atoms with E-state index in [0.717, 1.165) is 16.8 Å². The van der Waals surface area contributed by atoms with Gasteiger partial charge in [-0.3, -0.25) is 0 Å². The van der Waals surface area contributed by atoms with Crippen LogP contribution in [0.1, 0.15) is 11.1 Å². The fraction of sp³-hybridized carbons (Fsp3) is 0.222. The molecule has 0 atom stereocenters. The van der Waals surface area contributed by atoms with Crippen molar-refractivity contribution in [2.24, 2.45) is 0 Å². The van der Waals surface area contributed by atoms with Gasteiger partial charge in [0.1, 0.15) is 0 Å². The van der Waals surface area contributed by atoms with Crippen LogP contribution in [0.3, 0.4) is 0 Å². The molecule has 0 heterocycles. The molecule has 0 unspecified atom stereocenters. The van der Waals surface area contributed by atoms with Crippen molar-refractivity contribution in [2.75, 3.05) is 12.4 Å². The summed E-state index contributed by atoms with van der Waals surface area (Å²) in [6.45, 7) is 1.93. The second-order valence-corrected chi connectivity index (χ2v) is 2.39. The predicted molar refractivity (Wildman–Crippen MR) is 45.4 cm³/mol. The van der Waals surface area contributed by atoms with E-state index in [1.54, 1.807) is 0 Å². The van der Waals surface area contributed by atoms with Gasteiger partial charge in [-0.2, -0.15) is 5.26 Å². The van der Waals surface area contributed by atoms with Crippen molar-refractivity contribution in [3.63, 3.8) is 0 Å². The topological polar surface area (TPSA) is 35.8 Å². The molecule has 2 nitrogen and oxygen atoms in total. The Labute approximate surface area is 66.5 Å². The van der Waals surface area contributed by atoms with Crippen molar-refractivity contribution in [1.29, 1.82) is 5.26 Å². The van der Waals surface area contributed by atoms with Crippen molar-refractivity contribution in [3.8, 4) is 6.07 Å². The molecule has 0 aliphatic rings. The largest absolute Gasteiger partial charge is 0.388 e. The number of hydrogen-bond donors (Lipinski definition) is 1. The first-order valence-electron chi connectivity index (χ1n) is 3.46. The van der Waals surface area contributed by atoms with Crippen LogP contribution in [0.15, 0.2) is 18.2 Å². The van der Waals surface area contributed by atoms with E-state index in [1.807, 2.05) is 32.2 Å². The minimum atomic E-state index is 0.740. The SMILES string of the molecule is CNc1ccc(C#N)c(C)c1. The van der Waals surface area contributed by atoms with E-state index < -0.39 is 0 Å². The highest BCUT2D eigenvalue weighted by molar-refractivity contribution is 5.51. The Hall–Kier alpha value is -1.49. The molecule has 0 radical (unpaired) electrons. The zero-order valence-corrected chi connectivity index (χ0v) is 6.68. The van der Waals surface area contributed by atoms with Gasteiger partial charge < -0.3 is 5.32 Å². The first kappa shape index (κ1) is 7.62. The number of aryl methyl sites for hydroxylation is 1. The Kier molecular flexibility index (Phi) is 2.12. The number of nitrogens with zero attached hydrogens (tertiary/aromatic N) is 1. The van der Waals surface area contributed by atoms with Crippen LogP contribution in [-0.4, -0.2) is 7.05 Å². The van der Waals surface area contributed by atoms with Crippen LogP contribution in [0.4, 0.5) is 5.69 Å². The molecule has 56 valence electrons. The summed E-state index contributed by atoms with van der Waals surface area (Å²) in [6, 6.07) is 7.79. The molecule has 1 aromatic rings. The van der Waals surface area contributed by atoms with Gasteiger partial charge in [-0.05, 0) is 30.7 Å². The smallest absolute Gasteiger partial charge is 0.0994 e. The third-order valence-electron chi connectivity index (χ3n) is 1.64. The van der Waals surface area contributed by atoms with Crippen LogP contribution >= 0.6 is 0 Å². The molecule has 11 heavy (non-hydrogen) atoms. The molecule has 0 saturated heterocycles. The summed E-state index contributed by atoms with van der Waals surface area (Å²) in [5.74, 6) is 0. The second kappa shape index (κ2) is 3.07. The maximum absolute atomic E-state index is 8.61. The minimum absolute atomic E-state index is 0.740. The average molecular weight is 146 g/mol. The van der Waals surface area contributed by atoms with Crippen molar-refractivity contribution >= 4 is 5.69 Å². The number of nitriles is 1. The molecule has 0 amide bonds. The predicted octanol–water partition coefficient (Wildman–Crippen LogP) is 1.91. The summed E-state index contributed by atoms with van der Waals surface area (Å²) < 4.78 is 0. The molecule has 0 saturated carbocycles. The molecule has 1 aromatic carbocycles. The lowest BCUT2D eigenvalue weighted by Crippen LogP contribution is -1.89. The van der Waals surface area contributed by atoms with Crippen molar-refractivity contribution in [3.05, 3.63) is 29.3 Å². The van der Waals surface area contributed by atoms with E-state index in [2.05, 4.69) is 11.4 Å². The standard InChI is InChI=1S/C9H10N2/c1-7-5-9(11-2)4-3-8(7)6-10/h3-5,11H,1-2H3. The molecule has 1 rings (SSSR count). The Bertz CT molecular complexity index is 297. The highest BCUT2D eigenvalue weighted by Crippen LogP contribution is 2.12. The van der Waals surface area contributed by atoms with Crippen molar-refractivity contribution in [1.82, 2.24) is 0 Å². The molecule has 0 fully saturated rings. The van der Waals surface area contributed by atoms with Gasteiger partial charge >= 0.3 is 0 Å². The zero-order chi connectivity index (χ0) is 8.27. The Morgan fingerprint density at radius 2 is 2.18 bits per heavy atom. The molecule has 0 aliphatic carbocycles. The summed E-state index contributed by atoms with van der Waals surface area (Å²) in [5.41, 5.74) is 2.80. The second-order valence-electron chi connectivity index (χ2n) is 2.39. The van der Waals surface area contributed by atoms with Crippen LogP contribution in [0.25, 0.3) is 0 Å². The summed E-state index contributed by atoms with van der Waals surface area (Å²) in [7, 11) is 1.86. The molecule has 0 bridgehead atoms. The van der Waals surface area contributed by atoms with E-state index in [9.17, 15) is 0 Å². The van der Waals surface area contributed by atoms with Gasteiger partial charge in [0, 0.05) is 12.7 Å². The normalized spacial score (nSPS) is 8.82. The fourth-order valence-corrected chi connectivity index (χ4v) is 0.945. The Balaban J connectivity index is 3.12. The van der Waals surface area contributed by atoms with Gasteiger partial charge in [0.05, 0.1) is 11.6 Å². The molecular weight excluding hydrogens is 136 g/mol. The van der Waals surface area contributed by atoms with Crippen LogP contribution in [0, 0.1) is 18.3 Å². The van der Waals surface area contributed by atoms with Crippen molar-refractivity contribution < 1.29 is 0 Å². The van der Waals surface area contributed by atoms with Crippen LogP contribution < -0.4 is 5.32 Å². The molecule has 0 aliphatic heterocycles. The van der Waals surface area contributed by atoms with E-state index in [1.165, 1.54) is 0 Å². The minimum Gasteiger partial charge on any atom is -0.388 e. The van der Waals surface area contributed by atoms with Gasteiger partial charge in [0.2, 0.25) is 0 Å². The number of anilines is 1. The summed E-state index contributed by atoms with van der Waals surface area (Å²) in [5, 5.41) is 11.6. The van der Waals surface area contributed by atoms with Gasteiger partial charge in [-0.25, -0.2) is 0 Å². The maximum atomic E-state index is 8.61. The zero-order valence-electron chi connectivity index (χ0n) is 6.68. The highest BCUT2D eigenvalue weighted by Gasteiger charge is 1.95. The van der Waals surface area contributed by atoms with Crippen LogP contribution in [0.5, 0.6) is 0 Å². The molecule has 2 heteroatoms. The van der Waals surface area contributed by atoms with E-state index >= 15 is 0 Å². The Morgan fingerprint density at radius 1 is 1.45 bits per heavy atom. The van der Waals surface area contributed by atoms with Gasteiger partial charge in [-0.1, -0.05) is 0 Å². The van der Waals surface area contributed by atoms with Gasteiger partial charge in [-0.15, -0.1) is 0 Å². The number of nitrogens with one attached hydrogen (secondary N) is 1. The summed E-state index contributed by atoms with van der Waals surface area (Å²) >= 11 is 0. The van der Waals surface area contributed by atoms with E-state index in [0.29, 0.717) is 0 Å². The maximum Gasteiger partial charge on any atom is 0.0994 e. The van der Waals surface area contributed by atoms with Gasteiger partial charge in [0.15, 0.2) is 0 Å². The van der Waals surface area contributed by atoms with Crippen LogP contribution in [-0.2, 0) is 0 Å². The highest BCUT2D eigenvalue weighted by atomic mass is 14.8. The monoisotopic (exact) mass is 146 g/mol. The van der Waals surface area contributed by atoms with Crippen molar-refractivity contribution in [2.45, 2.75) is 6.92 Å². The average Bonchev–Trinajstić information content (AvgIpc) is 2.04. The van der Waals surface area contributed by atoms with Gasteiger partial charge in [0.25, 0.3) is 0 Å². The quantitative estimate of drug-likeness (QED) is 0.656. The third kappa shape index (κ3) is 1.50. The summed E-state index contributed by atoms with van der Waals surface area (Å²) in [6.07, 6.45) is 0. The third-order valence-corrected chi connectivity index (χ3v) is 1.64. The lowest BCUT2D eigenvalue weighted by atomic mass is 10.1. The first-order valence-corrected chi connectivity index (χ1v) is 3.46. The molecule has 0 spiro atoms. The summed E-state index contributed by atoms with van der Waals surface area (Å²) in [4.78, 5) is 0. The number of hydrogen-bond acceptors (Lipinski definition) is 2. The molecule has 0 aromatic heterocycles. The number of benzene rings is 1. The molecular formula is C9H10N2. The fourth-order valence-electron chi connectivity index (χ4n) is 0.945. The van der Waals surface area contributed by atoms with E-state index in [4.69, 9.17) is 5.26 Å². The lowest BCUT2D eigenvalue weighted by Gasteiger charge is -2.01. The molecule has 1 N–H and O–H groups in total.